The summed E-state index contributed by atoms with van der Waals surface area (Å²) in [7, 11) is 0. The highest BCUT2D eigenvalue weighted by molar-refractivity contribution is 8.05. The van der Waals surface area contributed by atoms with Gasteiger partial charge in [0.1, 0.15) is 5.70 Å². The molecule has 22 heavy (non-hydrogen) atoms. The second kappa shape index (κ2) is 5.17. The summed E-state index contributed by atoms with van der Waals surface area (Å²) < 4.78 is 0. The average molecular weight is 311 g/mol. The number of amides is 1. The zero-order valence-corrected chi connectivity index (χ0v) is 12.7. The summed E-state index contributed by atoms with van der Waals surface area (Å²) in [6.45, 7) is 1.50. The first-order chi connectivity index (χ1) is 10.7. The van der Waals surface area contributed by atoms with E-state index in [0.717, 1.165) is 46.0 Å². The second-order valence-corrected chi connectivity index (χ2v) is 6.28. The van der Waals surface area contributed by atoms with E-state index in [9.17, 15) is 4.79 Å². The molecule has 4 rings (SSSR count). The van der Waals surface area contributed by atoms with Gasteiger partial charge in [-0.25, -0.2) is 0 Å². The van der Waals surface area contributed by atoms with Gasteiger partial charge >= 0.3 is 0 Å². The van der Waals surface area contributed by atoms with Gasteiger partial charge in [-0.1, -0.05) is 11.8 Å². The van der Waals surface area contributed by atoms with Crippen LogP contribution in [-0.2, 0) is 4.79 Å². The lowest BCUT2D eigenvalue weighted by Crippen LogP contribution is -2.27. The lowest BCUT2D eigenvalue weighted by Gasteiger charge is -2.14. The van der Waals surface area contributed by atoms with Gasteiger partial charge < -0.3 is 5.32 Å². The molecule has 2 aliphatic heterocycles. The zero-order chi connectivity index (χ0) is 15.1. The van der Waals surface area contributed by atoms with Crippen molar-refractivity contribution >= 4 is 29.1 Å². The van der Waals surface area contributed by atoms with Crippen LogP contribution in [0.15, 0.2) is 55.9 Å². The molecule has 0 spiro atoms. The molecule has 1 N–H and O–H groups in total. The van der Waals surface area contributed by atoms with Crippen LogP contribution >= 0.6 is 11.8 Å². The summed E-state index contributed by atoms with van der Waals surface area (Å²) in [6, 6.07) is 3.89. The molecule has 1 amide bonds. The van der Waals surface area contributed by atoms with Crippen LogP contribution in [0, 0.1) is 0 Å². The van der Waals surface area contributed by atoms with Crippen LogP contribution in [0.5, 0.6) is 0 Å². The van der Waals surface area contributed by atoms with Crippen molar-refractivity contribution in [1.29, 1.82) is 0 Å². The monoisotopic (exact) mass is 311 g/mol. The minimum Gasteiger partial charge on any atom is -0.326 e. The Balaban J connectivity index is 1.72. The van der Waals surface area contributed by atoms with E-state index in [2.05, 4.69) is 25.5 Å². The van der Waals surface area contributed by atoms with Gasteiger partial charge in [0, 0.05) is 30.5 Å². The first-order valence-corrected chi connectivity index (χ1v) is 7.91. The molecule has 1 atom stereocenters. The van der Waals surface area contributed by atoms with Crippen molar-refractivity contribution in [2.24, 2.45) is 15.2 Å². The summed E-state index contributed by atoms with van der Waals surface area (Å²) in [4.78, 5) is 21.0. The number of carbonyl (C=O) groups is 1. The molecule has 0 aromatic carbocycles. The third-order valence-corrected chi connectivity index (χ3v) is 4.79. The van der Waals surface area contributed by atoms with Gasteiger partial charge in [0.25, 0.3) is 0 Å². The number of hydrogen-bond donors (Lipinski definition) is 1. The molecule has 1 aromatic heterocycles. The fraction of sp³-hybridized carbons (Fsp3) is 0.267. The standard InChI is InChI=1S/C15H13N5OS/c1-8(21)17-15-18-11-5-4-10-12(9-3-2-6-16-7-9)19-20-13(10)14(11)22-15/h2-3,6-7,15H,4-5H2,1H3,(H,17,21). The van der Waals surface area contributed by atoms with E-state index in [0.29, 0.717) is 0 Å². The van der Waals surface area contributed by atoms with Gasteiger partial charge in [-0.3, -0.25) is 14.8 Å². The van der Waals surface area contributed by atoms with Crippen molar-refractivity contribution in [2.75, 3.05) is 0 Å². The minimum absolute atomic E-state index is 0.0778. The van der Waals surface area contributed by atoms with Crippen LogP contribution in [-0.4, -0.2) is 22.1 Å². The van der Waals surface area contributed by atoms with Gasteiger partial charge in [0.15, 0.2) is 5.50 Å². The Morgan fingerprint density at radius 1 is 1.32 bits per heavy atom. The van der Waals surface area contributed by atoms with E-state index >= 15 is 0 Å². The lowest BCUT2D eigenvalue weighted by molar-refractivity contribution is -0.119. The highest BCUT2D eigenvalue weighted by Gasteiger charge is 2.35. The molecule has 1 unspecified atom stereocenters. The molecule has 1 aromatic rings. The highest BCUT2D eigenvalue weighted by Crippen LogP contribution is 2.46. The normalized spacial score (nSPS) is 22.6. The van der Waals surface area contributed by atoms with Gasteiger partial charge in [-0.15, -0.1) is 10.2 Å². The topological polar surface area (TPSA) is 79.1 Å². The Bertz CT molecular complexity index is 778. The van der Waals surface area contributed by atoms with Crippen molar-refractivity contribution in [3.8, 4) is 0 Å². The van der Waals surface area contributed by atoms with Gasteiger partial charge in [0.05, 0.1) is 16.3 Å². The van der Waals surface area contributed by atoms with Crippen LogP contribution in [0.2, 0.25) is 0 Å². The molecular formula is C15H13N5OS. The zero-order valence-electron chi connectivity index (χ0n) is 11.9. The van der Waals surface area contributed by atoms with Crippen LogP contribution in [0.1, 0.15) is 25.3 Å². The molecule has 110 valence electrons. The van der Waals surface area contributed by atoms with E-state index < -0.39 is 0 Å². The number of pyridine rings is 1. The number of thioether (sulfide) groups is 1. The summed E-state index contributed by atoms with van der Waals surface area (Å²) in [5, 5.41) is 11.5. The molecule has 0 saturated carbocycles. The van der Waals surface area contributed by atoms with Crippen molar-refractivity contribution in [1.82, 2.24) is 10.3 Å². The maximum atomic E-state index is 11.2. The SMILES string of the molecule is CC(=O)NC1N=C2CCC3=C(c4cccnc4)N=NC3=C2S1. The molecule has 3 heterocycles. The molecule has 0 fully saturated rings. The fourth-order valence-electron chi connectivity index (χ4n) is 2.74. The van der Waals surface area contributed by atoms with E-state index in [-0.39, 0.29) is 11.4 Å². The van der Waals surface area contributed by atoms with Gasteiger partial charge in [0.2, 0.25) is 5.91 Å². The van der Waals surface area contributed by atoms with Crippen molar-refractivity contribution in [3.05, 3.63) is 46.3 Å². The maximum Gasteiger partial charge on any atom is 0.219 e. The highest BCUT2D eigenvalue weighted by atomic mass is 32.2. The first kappa shape index (κ1) is 13.4. The first-order valence-electron chi connectivity index (χ1n) is 7.03. The number of aliphatic imine (C=N–C) groups is 1. The van der Waals surface area contributed by atoms with E-state index in [4.69, 9.17) is 0 Å². The molecular weight excluding hydrogens is 298 g/mol. The van der Waals surface area contributed by atoms with E-state index in [1.165, 1.54) is 18.7 Å². The van der Waals surface area contributed by atoms with E-state index in [1.54, 1.807) is 12.4 Å². The minimum atomic E-state index is -0.244. The second-order valence-electron chi connectivity index (χ2n) is 5.19. The summed E-state index contributed by atoms with van der Waals surface area (Å²) in [5.41, 5.74) is 4.72. The van der Waals surface area contributed by atoms with Crippen LogP contribution in [0.3, 0.4) is 0 Å². The predicted octanol–water partition coefficient (Wildman–Crippen LogP) is 2.87. The van der Waals surface area contributed by atoms with Crippen molar-refractivity contribution in [3.63, 3.8) is 0 Å². The Morgan fingerprint density at radius 2 is 2.18 bits per heavy atom. The summed E-state index contributed by atoms with van der Waals surface area (Å²) in [5.74, 6) is -0.0778. The number of aromatic nitrogens is 1. The average Bonchev–Trinajstić information content (AvgIpc) is 3.10. The largest absolute Gasteiger partial charge is 0.326 e. The van der Waals surface area contributed by atoms with Gasteiger partial charge in [-0.2, -0.15) is 0 Å². The third-order valence-electron chi connectivity index (χ3n) is 3.67. The molecule has 3 aliphatic rings. The van der Waals surface area contributed by atoms with Crippen molar-refractivity contribution in [2.45, 2.75) is 25.3 Å². The predicted molar refractivity (Wildman–Crippen MR) is 84.9 cm³/mol. The molecule has 6 nitrogen and oxygen atoms in total. The van der Waals surface area contributed by atoms with E-state index in [1.807, 2.05) is 12.1 Å². The molecule has 0 radical (unpaired) electrons. The number of allylic oxidation sites excluding steroid dienone is 2. The van der Waals surface area contributed by atoms with Crippen LogP contribution in [0.25, 0.3) is 5.70 Å². The number of azo groups is 1. The number of rotatable bonds is 2. The Labute approximate surface area is 131 Å². The van der Waals surface area contributed by atoms with Gasteiger partial charge in [-0.05, 0) is 25.0 Å². The maximum absolute atomic E-state index is 11.2. The number of nitrogens with one attached hydrogen (secondary N) is 1. The van der Waals surface area contributed by atoms with Crippen LogP contribution < -0.4 is 5.32 Å². The summed E-state index contributed by atoms with van der Waals surface area (Å²) >= 11 is 1.54. The number of carbonyl (C=O) groups excluding carboxylic acids is 1. The summed E-state index contributed by atoms with van der Waals surface area (Å²) in [6.07, 6.45) is 5.27. The third kappa shape index (κ3) is 2.18. The van der Waals surface area contributed by atoms with Crippen LogP contribution in [0.4, 0.5) is 0 Å². The lowest BCUT2D eigenvalue weighted by atomic mass is 9.94. The molecule has 0 bridgehead atoms. The van der Waals surface area contributed by atoms with Crippen molar-refractivity contribution < 1.29 is 4.79 Å². The number of fused-ring (bicyclic) bond motifs is 2. The molecule has 1 aliphatic carbocycles. The Morgan fingerprint density at radius 3 is 2.95 bits per heavy atom. The Hall–Kier alpha value is -2.28. The molecule has 7 heteroatoms. The Kier molecular flexibility index (Phi) is 3.15. The smallest absolute Gasteiger partial charge is 0.219 e. The molecule has 0 saturated heterocycles. The number of hydrogen-bond acceptors (Lipinski definition) is 6. The fourth-order valence-corrected chi connectivity index (χ4v) is 3.94. The number of nitrogens with zero attached hydrogens (tertiary/aromatic N) is 4. The quantitative estimate of drug-likeness (QED) is 0.912.